The quantitative estimate of drug-likeness (QED) is 0.861. The highest BCUT2D eigenvalue weighted by molar-refractivity contribution is 5.90. The second kappa shape index (κ2) is 8.53. The normalized spacial score (nSPS) is 16.8. The Bertz CT molecular complexity index is 736. The molecule has 2 N–H and O–H groups in total. The van der Waals surface area contributed by atoms with Gasteiger partial charge in [-0.2, -0.15) is 0 Å². The van der Waals surface area contributed by atoms with Gasteiger partial charge in [0.25, 0.3) is 0 Å². The SMILES string of the molecule is COc1ccccc1NC(=O)NCc1ccc(N2CCOC(C)C2)nc1. The number of ether oxygens (including phenoxy) is 2. The number of carbonyl (C=O) groups is 1. The van der Waals surface area contributed by atoms with Crippen LogP contribution in [0.1, 0.15) is 12.5 Å². The molecule has 0 bridgehead atoms. The number of carbonyl (C=O) groups excluding carboxylic acids is 1. The van der Waals surface area contributed by atoms with Crippen molar-refractivity contribution >= 4 is 17.5 Å². The van der Waals surface area contributed by atoms with E-state index >= 15 is 0 Å². The van der Waals surface area contributed by atoms with Crippen molar-refractivity contribution < 1.29 is 14.3 Å². The monoisotopic (exact) mass is 356 g/mol. The van der Waals surface area contributed by atoms with E-state index in [2.05, 4.69) is 27.4 Å². The highest BCUT2D eigenvalue weighted by Crippen LogP contribution is 2.22. The Morgan fingerprint density at radius 3 is 2.92 bits per heavy atom. The minimum absolute atomic E-state index is 0.213. The van der Waals surface area contributed by atoms with Gasteiger partial charge in [-0.15, -0.1) is 0 Å². The van der Waals surface area contributed by atoms with Crippen LogP contribution in [0.4, 0.5) is 16.3 Å². The standard InChI is InChI=1S/C19H24N4O3/c1-14-13-23(9-10-26-14)18-8-7-15(11-20-18)12-21-19(24)22-16-5-3-4-6-17(16)25-2/h3-8,11,14H,9-10,12-13H2,1-2H3,(H2,21,22,24). The molecule has 26 heavy (non-hydrogen) atoms. The number of rotatable bonds is 5. The van der Waals surface area contributed by atoms with Crippen molar-refractivity contribution in [1.29, 1.82) is 0 Å². The number of para-hydroxylation sites is 2. The Balaban J connectivity index is 1.52. The molecule has 1 aromatic carbocycles. The molecule has 1 saturated heterocycles. The fraction of sp³-hybridized carbons (Fsp3) is 0.368. The number of amides is 2. The molecule has 2 amide bonds. The van der Waals surface area contributed by atoms with Crippen molar-refractivity contribution in [2.24, 2.45) is 0 Å². The lowest BCUT2D eigenvalue weighted by atomic mass is 10.2. The Labute approximate surface area is 153 Å². The first-order valence-corrected chi connectivity index (χ1v) is 8.65. The van der Waals surface area contributed by atoms with E-state index in [1.54, 1.807) is 25.4 Å². The summed E-state index contributed by atoms with van der Waals surface area (Å²) in [5.74, 6) is 1.55. The van der Waals surface area contributed by atoms with E-state index in [1.165, 1.54) is 0 Å². The first-order valence-electron chi connectivity index (χ1n) is 8.65. The number of pyridine rings is 1. The van der Waals surface area contributed by atoms with Gasteiger partial charge in [0.2, 0.25) is 0 Å². The number of morpholine rings is 1. The van der Waals surface area contributed by atoms with E-state index in [-0.39, 0.29) is 12.1 Å². The zero-order chi connectivity index (χ0) is 18.4. The summed E-state index contributed by atoms with van der Waals surface area (Å²) in [7, 11) is 1.57. The number of methoxy groups -OCH3 is 1. The molecule has 1 aliphatic heterocycles. The third-order valence-electron chi connectivity index (χ3n) is 4.18. The zero-order valence-corrected chi connectivity index (χ0v) is 15.1. The van der Waals surface area contributed by atoms with E-state index < -0.39 is 0 Å². The van der Waals surface area contributed by atoms with Crippen LogP contribution in [0.5, 0.6) is 5.75 Å². The van der Waals surface area contributed by atoms with Crippen LogP contribution >= 0.6 is 0 Å². The summed E-state index contributed by atoms with van der Waals surface area (Å²) in [5.41, 5.74) is 1.56. The van der Waals surface area contributed by atoms with Crippen molar-refractivity contribution in [3.8, 4) is 5.75 Å². The van der Waals surface area contributed by atoms with Gasteiger partial charge in [0.15, 0.2) is 0 Å². The van der Waals surface area contributed by atoms with Crippen molar-refractivity contribution in [1.82, 2.24) is 10.3 Å². The topological polar surface area (TPSA) is 75.7 Å². The largest absolute Gasteiger partial charge is 0.495 e. The zero-order valence-electron chi connectivity index (χ0n) is 15.1. The van der Waals surface area contributed by atoms with E-state index in [4.69, 9.17) is 9.47 Å². The Morgan fingerprint density at radius 2 is 2.19 bits per heavy atom. The minimum atomic E-state index is -0.291. The summed E-state index contributed by atoms with van der Waals surface area (Å²) < 4.78 is 10.8. The average Bonchev–Trinajstić information content (AvgIpc) is 2.67. The van der Waals surface area contributed by atoms with E-state index in [1.807, 2.05) is 24.3 Å². The maximum absolute atomic E-state index is 12.1. The molecule has 1 fully saturated rings. The summed E-state index contributed by atoms with van der Waals surface area (Å²) >= 11 is 0. The number of benzene rings is 1. The van der Waals surface area contributed by atoms with Crippen LogP contribution in [0.25, 0.3) is 0 Å². The van der Waals surface area contributed by atoms with E-state index in [9.17, 15) is 4.79 Å². The van der Waals surface area contributed by atoms with Gasteiger partial charge in [0.1, 0.15) is 11.6 Å². The lowest BCUT2D eigenvalue weighted by molar-refractivity contribution is 0.0529. The van der Waals surface area contributed by atoms with Crippen LogP contribution in [-0.2, 0) is 11.3 Å². The molecule has 0 aliphatic carbocycles. The van der Waals surface area contributed by atoms with Gasteiger partial charge in [-0.05, 0) is 30.7 Å². The lowest BCUT2D eigenvalue weighted by Gasteiger charge is -2.32. The molecule has 1 atom stereocenters. The van der Waals surface area contributed by atoms with Crippen LogP contribution in [0.3, 0.4) is 0 Å². The van der Waals surface area contributed by atoms with Crippen molar-refractivity contribution in [3.63, 3.8) is 0 Å². The van der Waals surface area contributed by atoms with Crippen molar-refractivity contribution in [3.05, 3.63) is 48.2 Å². The molecular weight excluding hydrogens is 332 g/mol. The molecule has 7 heteroatoms. The summed E-state index contributed by atoms with van der Waals surface area (Å²) in [5, 5.41) is 5.61. The second-order valence-corrected chi connectivity index (χ2v) is 6.16. The number of anilines is 2. The molecule has 2 heterocycles. The molecule has 1 aromatic heterocycles. The Morgan fingerprint density at radius 1 is 1.35 bits per heavy atom. The number of hydrogen-bond donors (Lipinski definition) is 2. The molecule has 138 valence electrons. The molecule has 1 aliphatic rings. The lowest BCUT2D eigenvalue weighted by Crippen LogP contribution is -2.41. The molecule has 0 radical (unpaired) electrons. The molecule has 1 unspecified atom stereocenters. The number of nitrogens with zero attached hydrogens (tertiary/aromatic N) is 2. The molecule has 7 nitrogen and oxygen atoms in total. The minimum Gasteiger partial charge on any atom is -0.495 e. The van der Waals surface area contributed by atoms with Crippen molar-refractivity contribution in [2.45, 2.75) is 19.6 Å². The van der Waals surface area contributed by atoms with Crippen LogP contribution in [0.15, 0.2) is 42.6 Å². The molecular formula is C19H24N4O3. The van der Waals surface area contributed by atoms with Crippen LogP contribution in [-0.4, -0.2) is 43.9 Å². The molecule has 3 rings (SSSR count). The maximum Gasteiger partial charge on any atom is 0.319 e. The maximum atomic E-state index is 12.1. The summed E-state index contributed by atoms with van der Waals surface area (Å²) in [6, 6.07) is 10.9. The Hall–Kier alpha value is -2.80. The molecule has 0 spiro atoms. The van der Waals surface area contributed by atoms with Gasteiger partial charge in [0, 0.05) is 25.8 Å². The number of aromatic nitrogens is 1. The summed E-state index contributed by atoms with van der Waals surface area (Å²) in [6.45, 7) is 4.86. The van der Waals surface area contributed by atoms with Crippen molar-refractivity contribution in [2.75, 3.05) is 37.0 Å². The van der Waals surface area contributed by atoms with Gasteiger partial charge < -0.3 is 25.0 Å². The predicted molar refractivity (Wildman–Crippen MR) is 101 cm³/mol. The third-order valence-corrected chi connectivity index (χ3v) is 4.18. The van der Waals surface area contributed by atoms with Gasteiger partial charge in [-0.3, -0.25) is 0 Å². The molecule has 0 saturated carbocycles. The van der Waals surface area contributed by atoms with Crippen LogP contribution < -0.4 is 20.3 Å². The van der Waals surface area contributed by atoms with Gasteiger partial charge in [-0.25, -0.2) is 9.78 Å². The third kappa shape index (κ3) is 4.64. The highest BCUT2D eigenvalue weighted by Gasteiger charge is 2.17. The number of nitrogens with one attached hydrogen (secondary N) is 2. The summed E-state index contributed by atoms with van der Waals surface area (Å²) in [6.07, 6.45) is 2.00. The number of hydrogen-bond acceptors (Lipinski definition) is 5. The second-order valence-electron chi connectivity index (χ2n) is 6.16. The highest BCUT2D eigenvalue weighted by atomic mass is 16.5. The number of urea groups is 1. The van der Waals surface area contributed by atoms with Gasteiger partial charge in [0.05, 0.1) is 25.5 Å². The predicted octanol–water partition coefficient (Wildman–Crippen LogP) is 2.64. The van der Waals surface area contributed by atoms with E-state index in [0.717, 1.165) is 31.1 Å². The first-order chi connectivity index (χ1) is 12.7. The first kappa shape index (κ1) is 18.0. The van der Waals surface area contributed by atoms with Gasteiger partial charge in [-0.1, -0.05) is 18.2 Å². The van der Waals surface area contributed by atoms with E-state index in [0.29, 0.717) is 18.0 Å². The fourth-order valence-electron chi connectivity index (χ4n) is 2.83. The van der Waals surface area contributed by atoms with Gasteiger partial charge >= 0.3 is 6.03 Å². The summed E-state index contributed by atoms with van der Waals surface area (Å²) in [4.78, 5) is 18.8. The van der Waals surface area contributed by atoms with Crippen LogP contribution in [0, 0.1) is 0 Å². The Kier molecular flexibility index (Phi) is 5.91. The average molecular weight is 356 g/mol. The fourth-order valence-corrected chi connectivity index (χ4v) is 2.83. The molecule has 2 aromatic rings. The smallest absolute Gasteiger partial charge is 0.319 e. The van der Waals surface area contributed by atoms with Crippen LogP contribution in [0.2, 0.25) is 0 Å².